The Hall–Kier alpha value is -1.97. The molecule has 2 aromatic carbocycles. The maximum absolute atomic E-state index is 12.3. The van der Waals surface area contributed by atoms with Crippen molar-refractivity contribution >= 4 is 40.9 Å². The van der Waals surface area contributed by atoms with E-state index < -0.39 is 0 Å². The molecule has 3 rings (SSSR count). The minimum Gasteiger partial charge on any atom is -0.371 e. The Bertz CT molecular complexity index is 848. The summed E-state index contributed by atoms with van der Waals surface area (Å²) in [6, 6.07) is 13.6. The van der Waals surface area contributed by atoms with Crippen molar-refractivity contribution in [1.82, 2.24) is 5.32 Å². The van der Waals surface area contributed by atoms with Crippen LogP contribution in [0.25, 0.3) is 6.08 Å². The van der Waals surface area contributed by atoms with Crippen LogP contribution >= 0.6 is 23.2 Å². The van der Waals surface area contributed by atoms with E-state index in [4.69, 9.17) is 23.2 Å². The Balaban J connectivity index is 1.58. The Labute approximate surface area is 177 Å². The molecule has 0 aliphatic carbocycles. The van der Waals surface area contributed by atoms with E-state index in [0.29, 0.717) is 10.0 Å². The molecule has 2 aromatic rings. The standard InChI is InChI=1S/C23H26Cl2N2O/c1-16-4-3-13-27(15-16)21-10-6-18(7-11-21)17(2)26-23(28)12-8-19-5-9-20(24)14-22(19)25/h5-12,14,16-17H,3-4,13,15H2,1-2H3,(H,26,28)/b12-8+. The number of halogens is 2. The molecule has 28 heavy (non-hydrogen) atoms. The van der Waals surface area contributed by atoms with E-state index in [1.165, 1.54) is 24.6 Å². The molecule has 1 heterocycles. The molecular formula is C23H26Cl2N2O. The Kier molecular flexibility index (Phi) is 7.03. The quantitative estimate of drug-likeness (QED) is 0.595. The molecule has 148 valence electrons. The van der Waals surface area contributed by atoms with Crippen molar-refractivity contribution in [3.05, 3.63) is 69.7 Å². The number of nitrogens with zero attached hydrogens (tertiary/aromatic N) is 1. The summed E-state index contributed by atoms with van der Waals surface area (Å²) in [6.07, 6.45) is 5.75. The van der Waals surface area contributed by atoms with Crippen molar-refractivity contribution in [3.63, 3.8) is 0 Å². The molecule has 3 nitrogen and oxygen atoms in total. The summed E-state index contributed by atoms with van der Waals surface area (Å²) in [7, 11) is 0. The van der Waals surface area contributed by atoms with E-state index >= 15 is 0 Å². The molecule has 0 spiro atoms. The highest BCUT2D eigenvalue weighted by Crippen LogP contribution is 2.25. The van der Waals surface area contributed by atoms with Crippen molar-refractivity contribution in [2.75, 3.05) is 18.0 Å². The van der Waals surface area contributed by atoms with Gasteiger partial charge in [0.25, 0.3) is 0 Å². The molecular weight excluding hydrogens is 391 g/mol. The SMILES string of the molecule is CC1CCCN(c2ccc(C(C)NC(=O)/C=C/c3ccc(Cl)cc3Cl)cc2)C1. The fraction of sp³-hybridized carbons (Fsp3) is 0.348. The second kappa shape index (κ2) is 9.49. The van der Waals surface area contributed by atoms with Gasteiger partial charge in [-0.3, -0.25) is 4.79 Å². The van der Waals surface area contributed by atoms with Gasteiger partial charge in [-0.1, -0.05) is 48.3 Å². The molecule has 1 N–H and O–H groups in total. The van der Waals surface area contributed by atoms with Gasteiger partial charge in [-0.2, -0.15) is 0 Å². The van der Waals surface area contributed by atoms with Gasteiger partial charge >= 0.3 is 0 Å². The molecule has 0 radical (unpaired) electrons. The Morgan fingerprint density at radius 1 is 1.21 bits per heavy atom. The van der Waals surface area contributed by atoms with Crippen LogP contribution in [0.15, 0.2) is 48.5 Å². The van der Waals surface area contributed by atoms with Gasteiger partial charge < -0.3 is 10.2 Å². The molecule has 2 unspecified atom stereocenters. The number of hydrogen-bond acceptors (Lipinski definition) is 2. The molecule has 1 aliphatic rings. The molecule has 0 saturated carbocycles. The van der Waals surface area contributed by atoms with Gasteiger partial charge in [0.05, 0.1) is 6.04 Å². The molecule has 0 bridgehead atoms. The Morgan fingerprint density at radius 3 is 2.64 bits per heavy atom. The highest BCUT2D eigenvalue weighted by Gasteiger charge is 2.17. The third-order valence-electron chi connectivity index (χ3n) is 5.15. The lowest BCUT2D eigenvalue weighted by atomic mass is 9.99. The fourth-order valence-electron chi connectivity index (χ4n) is 3.54. The second-order valence-electron chi connectivity index (χ2n) is 7.51. The molecule has 1 fully saturated rings. The number of benzene rings is 2. The van der Waals surface area contributed by atoms with Gasteiger partial charge in [0, 0.05) is 34.9 Å². The topological polar surface area (TPSA) is 32.3 Å². The molecule has 1 amide bonds. The van der Waals surface area contributed by atoms with Crippen LogP contribution in [0.2, 0.25) is 10.0 Å². The zero-order valence-corrected chi connectivity index (χ0v) is 17.8. The van der Waals surface area contributed by atoms with E-state index in [1.807, 2.05) is 6.92 Å². The lowest BCUT2D eigenvalue weighted by Crippen LogP contribution is -2.34. The van der Waals surface area contributed by atoms with Crippen LogP contribution in [-0.2, 0) is 4.79 Å². The maximum Gasteiger partial charge on any atom is 0.244 e. The predicted molar refractivity (Wildman–Crippen MR) is 119 cm³/mol. The number of amides is 1. The lowest BCUT2D eigenvalue weighted by molar-refractivity contribution is -0.117. The van der Waals surface area contributed by atoms with Gasteiger partial charge in [0.2, 0.25) is 5.91 Å². The number of carbonyl (C=O) groups excluding carboxylic acids is 1. The van der Waals surface area contributed by atoms with Crippen molar-refractivity contribution < 1.29 is 4.79 Å². The second-order valence-corrected chi connectivity index (χ2v) is 8.36. The predicted octanol–water partition coefficient (Wildman–Crippen LogP) is 6.12. The third kappa shape index (κ3) is 5.52. The summed E-state index contributed by atoms with van der Waals surface area (Å²) in [5, 5.41) is 4.09. The number of carbonyl (C=O) groups is 1. The smallest absolute Gasteiger partial charge is 0.244 e. The van der Waals surface area contributed by atoms with Gasteiger partial charge in [-0.25, -0.2) is 0 Å². The van der Waals surface area contributed by atoms with E-state index in [9.17, 15) is 4.79 Å². The minimum atomic E-state index is -0.160. The number of piperidine rings is 1. The zero-order chi connectivity index (χ0) is 20.1. The van der Waals surface area contributed by atoms with Gasteiger partial charge in [0.1, 0.15) is 0 Å². The van der Waals surface area contributed by atoms with Gasteiger partial charge in [0.15, 0.2) is 0 Å². The highest BCUT2D eigenvalue weighted by atomic mass is 35.5. The van der Waals surface area contributed by atoms with Crippen molar-refractivity contribution in [3.8, 4) is 0 Å². The van der Waals surface area contributed by atoms with Crippen LogP contribution in [0, 0.1) is 5.92 Å². The van der Waals surface area contributed by atoms with Crippen LogP contribution in [0.4, 0.5) is 5.69 Å². The minimum absolute atomic E-state index is 0.0767. The van der Waals surface area contributed by atoms with E-state index in [-0.39, 0.29) is 11.9 Å². The van der Waals surface area contributed by atoms with E-state index in [1.54, 1.807) is 24.3 Å². The lowest BCUT2D eigenvalue weighted by Gasteiger charge is -2.33. The summed E-state index contributed by atoms with van der Waals surface area (Å²) >= 11 is 12.0. The average Bonchev–Trinajstić information content (AvgIpc) is 2.67. The monoisotopic (exact) mass is 416 g/mol. The van der Waals surface area contributed by atoms with Crippen LogP contribution in [0.5, 0.6) is 0 Å². The van der Waals surface area contributed by atoms with E-state index in [2.05, 4.69) is 41.4 Å². The zero-order valence-electron chi connectivity index (χ0n) is 16.3. The molecule has 0 aromatic heterocycles. The van der Waals surface area contributed by atoms with Crippen LogP contribution in [-0.4, -0.2) is 19.0 Å². The summed E-state index contributed by atoms with van der Waals surface area (Å²) in [5.41, 5.74) is 3.10. The molecule has 5 heteroatoms. The van der Waals surface area contributed by atoms with Gasteiger partial charge in [-0.05, 0) is 67.2 Å². The first-order valence-corrected chi connectivity index (χ1v) is 10.5. The Morgan fingerprint density at radius 2 is 1.96 bits per heavy atom. The highest BCUT2D eigenvalue weighted by molar-refractivity contribution is 6.35. The van der Waals surface area contributed by atoms with Crippen molar-refractivity contribution in [1.29, 1.82) is 0 Å². The van der Waals surface area contributed by atoms with Crippen LogP contribution < -0.4 is 10.2 Å². The van der Waals surface area contributed by atoms with Crippen LogP contribution in [0.1, 0.15) is 43.9 Å². The van der Waals surface area contributed by atoms with Crippen molar-refractivity contribution in [2.45, 2.75) is 32.7 Å². The molecule has 1 aliphatic heterocycles. The third-order valence-corrected chi connectivity index (χ3v) is 5.71. The van der Waals surface area contributed by atoms with Gasteiger partial charge in [-0.15, -0.1) is 0 Å². The van der Waals surface area contributed by atoms with Crippen molar-refractivity contribution in [2.24, 2.45) is 5.92 Å². The molecule has 2 atom stereocenters. The summed E-state index contributed by atoms with van der Waals surface area (Å²) < 4.78 is 0. The van der Waals surface area contributed by atoms with Crippen LogP contribution in [0.3, 0.4) is 0 Å². The number of anilines is 1. The number of hydrogen-bond donors (Lipinski definition) is 1. The summed E-state index contributed by atoms with van der Waals surface area (Å²) in [4.78, 5) is 14.7. The average molecular weight is 417 g/mol. The number of nitrogens with one attached hydrogen (secondary N) is 1. The first-order chi connectivity index (χ1) is 13.4. The summed E-state index contributed by atoms with van der Waals surface area (Å²) in [6.45, 7) is 6.53. The first-order valence-electron chi connectivity index (χ1n) is 9.71. The fourth-order valence-corrected chi connectivity index (χ4v) is 4.02. The van der Waals surface area contributed by atoms with E-state index in [0.717, 1.165) is 30.1 Å². The summed E-state index contributed by atoms with van der Waals surface area (Å²) in [5.74, 6) is 0.583. The maximum atomic E-state index is 12.3. The number of rotatable bonds is 5. The molecule has 1 saturated heterocycles. The normalized spacial score (nSPS) is 18.3. The first kappa shape index (κ1) is 20.8. The largest absolute Gasteiger partial charge is 0.371 e.